The number of hydrogen-bond acceptors (Lipinski definition) is 2. The molecular weight excluding hydrogens is 329 g/mol. The predicted molar refractivity (Wildman–Crippen MR) is 90.2 cm³/mol. The van der Waals surface area contributed by atoms with Crippen LogP contribution in [0.5, 0.6) is 0 Å². The lowest BCUT2D eigenvalue weighted by molar-refractivity contribution is -0.143. The number of hydrogen-bond donors (Lipinski definition) is 0. The minimum absolute atomic E-state index is 0.0257. The molecule has 25 heavy (non-hydrogen) atoms. The normalized spacial score (nSPS) is 24.7. The van der Waals surface area contributed by atoms with Gasteiger partial charge in [-0.3, -0.25) is 4.79 Å². The zero-order chi connectivity index (χ0) is 18.1. The summed E-state index contributed by atoms with van der Waals surface area (Å²) in [6.45, 7) is 2.15. The van der Waals surface area contributed by atoms with Crippen molar-refractivity contribution in [1.82, 2.24) is 9.80 Å². The summed E-state index contributed by atoms with van der Waals surface area (Å²) in [7, 11) is 1.84. The third-order valence-electron chi connectivity index (χ3n) is 5.71. The highest BCUT2D eigenvalue weighted by atomic mass is 19.4. The maximum absolute atomic E-state index is 12.6. The molecule has 138 valence electrons. The van der Waals surface area contributed by atoms with E-state index in [4.69, 9.17) is 0 Å². The van der Waals surface area contributed by atoms with Crippen LogP contribution in [0.3, 0.4) is 0 Å². The molecule has 0 saturated carbocycles. The number of likely N-dealkylation sites (N-methyl/N-ethyl adjacent to an activating group) is 1. The highest BCUT2D eigenvalue weighted by Crippen LogP contribution is 2.45. The number of benzene rings is 1. The molecule has 3 nitrogen and oxygen atoms in total. The standard InChI is InChI=1S/C19H25F3N2O/c1-23-14-18(7-10-24(11-8-18)12-9-19(20,21)22)13-16(17(23)25)15-5-3-2-4-6-15/h2-6,16H,7-14H2,1H3/t16-/m1/s1. The van der Waals surface area contributed by atoms with Crippen molar-refractivity contribution >= 4 is 5.91 Å². The quantitative estimate of drug-likeness (QED) is 0.827. The maximum atomic E-state index is 12.6. The molecule has 0 radical (unpaired) electrons. The lowest BCUT2D eigenvalue weighted by Gasteiger charge is -2.49. The lowest BCUT2D eigenvalue weighted by atomic mass is 9.67. The van der Waals surface area contributed by atoms with E-state index in [1.54, 1.807) is 0 Å². The zero-order valence-corrected chi connectivity index (χ0v) is 14.6. The van der Waals surface area contributed by atoms with E-state index in [-0.39, 0.29) is 23.8 Å². The number of carbonyl (C=O) groups excluding carboxylic acids is 1. The first-order valence-corrected chi connectivity index (χ1v) is 8.87. The van der Waals surface area contributed by atoms with E-state index in [0.717, 1.165) is 24.8 Å². The molecule has 0 aromatic heterocycles. The number of carbonyl (C=O) groups is 1. The van der Waals surface area contributed by atoms with Gasteiger partial charge >= 0.3 is 6.18 Å². The van der Waals surface area contributed by atoms with Gasteiger partial charge in [-0.25, -0.2) is 0 Å². The van der Waals surface area contributed by atoms with Gasteiger partial charge in [-0.1, -0.05) is 30.3 Å². The van der Waals surface area contributed by atoms with Crippen molar-refractivity contribution < 1.29 is 18.0 Å². The summed E-state index contributed by atoms with van der Waals surface area (Å²) in [6, 6.07) is 9.82. The predicted octanol–water partition coefficient (Wildman–Crippen LogP) is 3.67. The second-order valence-electron chi connectivity index (χ2n) is 7.57. The van der Waals surface area contributed by atoms with Crippen molar-refractivity contribution in [3.8, 4) is 0 Å². The van der Waals surface area contributed by atoms with Gasteiger partial charge in [-0.05, 0) is 43.3 Å². The average Bonchev–Trinajstić information content (AvgIpc) is 2.58. The molecule has 0 bridgehead atoms. The summed E-state index contributed by atoms with van der Waals surface area (Å²) in [6.07, 6.45) is -2.33. The SMILES string of the molecule is CN1CC2(CCN(CCC(F)(F)F)CC2)C[C@H](c2ccccc2)C1=O. The van der Waals surface area contributed by atoms with E-state index in [1.807, 2.05) is 47.2 Å². The summed E-state index contributed by atoms with van der Waals surface area (Å²) in [5, 5.41) is 0. The minimum Gasteiger partial charge on any atom is -0.345 e. The molecular formula is C19H25F3N2O. The lowest BCUT2D eigenvalue weighted by Crippen LogP contribution is -2.53. The molecule has 0 unspecified atom stereocenters. The Morgan fingerprint density at radius 1 is 1.16 bits per heavy atom. The van der Waals surface area contributed by atoms with E-state index in [1.165, 1.54) is 0 Å². The Labute approximate surface area is 146 Å². The summed E-state index contributed by atoms with van der Waals surface area (Å²) < 4.78 is 37.3. The number of amides is 1. The Hall–Kier alpha value is -1.56. The van der Waals surface area contributed by atoms with Gasteiger partial charge in [0, 0.05) is 20.1 Å². The number of alkyl halides is 3. The monoisotopic (exact) mass is 354 g/mol. The Morgan fingerprint density at radius 2 is 1.80 bits per heavy atom. The van der Waals surface area contributed by atoms with Crippen LogP contribution in [0.15, 0.2) is 30.3 Å². The second-order valence-corrected chi connectivity index (χ2v) is 7.57. The first-order chi connectivity index (χ1) is 11.8. The van der Waals surface area contributed by atoms with Crippen molar-refractivity contribution in [2.24, 2.45) is 5.41 Å². The maximum Gasteiger partial charge on any atom is 0.390 e. The van der Waals surface area contributed by atoms with Gasteiger partial charge in [0.05, 0.1) is 12.3 Å². The number of likely N-dealkylation sites (tertiary alicyclic amines) is 2. The van der Waals surface area contributed by atoms with Crippen LogP contribution in [-0.4, -0.2) is 55.1 Å². The molecule has 2 fully saturated rings. The molecule has 1 amide bonds. The fraction of sp³-hybridized carbons (Fsp3) is 0.632. The topological polar surface area (TPSA) is 23.6 Å². The molecule has 2 saturated heterocycles. The molecule has 1 spiro atoms. The van der Waals surface area contributed by atoms with Crippen LogP contribution < -0.4 is 0 Å². The average molecular weight is 354 g/mol. The summed E-state index contributed by atoms with van der Waals surface area (Å²) in [4.78, 5) is 16.3. The van der Waals surface area contributed by atoms with Crippen molar-refractivity contribution in [2.75, 3.05) is 33.2 Å². The first kappa shape index (κ1) is 18.2. The zero-order valence-electron chi connectivity index (χ0n) is 14.6. The molecule has 0 aliphatic carbocycles. The summed E-state index contributed by atoms with van der Waals surface area (Å²) in [5.41, 5.74) is 1.07. The van der Waals surface area contributed by atoms with Crippen LogP contribution in [0.1, 0.15) is 37.2 Å². The number of halogens is 3. The fourth-order valence-electron chi connectivity index (χ4n) is 4.28. The number of nitrogens with zero attached hydrogens (tertiary/aromatic N) is 2. The van der Waals surface area contributed by atoms with E-state index in [9.17, 15) is 18.0 Å². The van der Waals surface area contributed by atoms with Gasteiger partial charge in [-0.2, -0.15) is 13.2 Å². The highest BCUT2D eigenvalue weighted by Gasteiger charge is 2.45. The van der Waals surface area contributed by atoms with Crippen LogP contribution >= 0.6 is 0 Å². The molecule has 0 N–H and O–H groups in total. The van der Waals surface area contributed by atoms with Gasteiger partial charge < -0.3 is 9.80 Å². The van der Waals surface area contributed by atoms with Gasteiger partial charge in [0.2, 0.25) is 5.91 Å². The van der Waals surface area contributed by atoms with E-state index < -0.39 is 12.6 Å². The number of rotatable bonds is 3. The van der Waals surface area contributed by atoms with Crippen molar-refractivity contribution in [3.63, 3.8) is 0 Å². The molecule has 2 aliphatic heterocycles. The van der Waals surface area contributed by atoms with Crippen LogP contribution in [0.4, 0.5) is 13.2 Å². The van der Waals surface area contributed by atoms with E-state index >= 15 is 0 Å². The first-order valence-electron chi connectivity index (χ1n) is 8.87. The Balaban J connectivity index is 1.65. The minimum atomic E-state index is -4.09. The Bertz CT molecular complexity index is 594. The smallest absolute Gasteiger partial charge is 0.345 e. The van der Waals surface area contributed by atoms with Crippen molar-refractivity contribution in [3.05, 3.63) is 35.9 Å². The van der Waals surface area contributed by atoms with Gasteiger partial charge in [-0.15, -0.1) is 0 Å². The van der Waals surface area contributed by atoms with E-state index in [0.29, 0.717) is 19.6 Å². The molecule has 2 heterocycles. The van der Waals surface area contributed by atoms with E-state index in [2.05, 4.69) is 0 Å². The van der Waals surface area contributed by atoms with Crippen LogP contribution in [0.2, 0.25) is 0 Å². The van der Waals surface area contributed by atoms with Crippen LogP contribution in [-0.2, 0) is 4.79 Å². The third kappa shape index (κ3) is 4.35. The molecule has 1 atom stereocenters. The van der Waals surface area contributed by atoms with Crippen molar-refractivity contribution in [2.45, 2.75) is 37.8 Å². The van der Waals surface area contributed by atoms with Gasteiger partial charge in [0.15, 0.2) is 0 Å². The highest BCUT2D eigenvalue weighted by molar-refractivity contribution is 5.84. The van der Waals surface area contributed by atoms with Crippen LogP contribution in [0.25, 0.3) is 0 Å². The molecule has 1 aromatic rings. The molecule has 3 rings (SSSR count). The third-order valence-corrected chi connectivity index (χ3v) is 5.71. The second kappa shape index (κ2) is 6.98. The summed E-state index contributed by atoms with van der Waals surface area (Å²) in [5.74, 6) is 0.0120. The largest absolute Gasteiger partial charge is 0.390 e. The Kier molecular flexibility index (Phi) is 5.09. The molecule has 6 heteroatoms. The van der Waals surface area contributed by atoms with Crippen LogP contribution in [0, 0.1) is 5.41 Å². The molecule has 2 aliphatic rings. The number of piperidine rings is 2. The van der Waals surface area contributed by atoms with Gasteiger partial charge in [0.1, 0.15) is 0 Å². The summed E-state index contributed by atoms with van der Waals surface area (Å²) >= 11 is 0. The Morgan fingerprint density at radius 3 is 2.40 bits per heavy atom. The molecule has 1 aromatic carbocycles. The van der Waals surface area contributed by atoms with Crippen molar-refractivity contribution in [1.29, 1.82) is 0 Å². The fourth-order valence-corrected chi connectivity index (χ4v) is 4.28. The van der Waals surface area contributed by atoms with Gasteiger partial charge in [0.25, 0.3) is 0 Å².